The summed E-state index contributed by atoms with van der Waals surface area (Å²) in [6.45, 7) is 7.64. The van der Waals surface area contributed by atoms with E-state index in [2.05, 4.69) is 25.1 Å². The van der Waals surface area contributed by atoms with E-state index in [-0.39, 0.29) is 0 Å². The van der Waals surface area contributed by atoms with Gasteiger partial charge in [0.25, 0.3) is 0 Å². The molecule has 0 fully saturated rings. The number of fused-ring (bicyclic) bond motifs is 1. The zero-order valence-corrected chi connectivity index (χ0v) is 13.7. The van der Waals surface area contributed by atoms with E-state index in [1.807, 2.05) is 13.8 Å². The smallest absolute Gasteiger partial charge is 0.161 e. The monoisotopic (exact) mass is 288 g/mol. The van der Waals surface area contributed by atoms with Gasteiger partial charge in [0.15, 0.2) is 11.5 Å². The summed E-state index contributed by atoms with van der Waals surface area (Å²) in [5, 5.41) is 0. The molecule has 0 atom stereocenters. The van der Waals surface area contributed by atoms with Crippen LogP contribution in [-0.4, -0.2) is 13.2 Å². The number of aryl methyl sites for hydroxylation is 1. The van der Waals surface area contributed by atoms with Gasteiger partial charge in [-0.2, -0.15) is 0 Å². The first-order chi connectivity index (χ1) is 10.3. The zero-order valence-electron chi connectivity index (χ0n) is 13.7. The first kappa shape index (κ1) is 15.9. The van der Waals surface area contributed by atoms with E-state index in [1.54, 1.807) is 5.57 Å². The SMILES string of the molecule is CCCCCC1=Cc2cc(OCC)c(OCC)cc2CC1. The molecule has 0 saturated heterocycles. The van der Waals surface area contributed by atoms with E-state index in [4.69, 9.17) is 9.47 Å². The van der Waals surface area contributed by atoms with E-state index >= 15 is 0 Å². The number of allylic oxidation sites excluding steroid dienone is 1. The minimum absolute atomic E-state index is 0.673. The molecule has 0 radical (unpaired) electrons. The van der Waals surface area contributed by atoms with Crippen LogP contribution in [0.3, 0.4) is 0 Å². The van der Waals surface area contributed by atoms with Gasteiger partial charge in [-0.3, -0.25) is 0 Å². The molecule has 1 aliphatic carbocycles. The number of ether oxygens (including phenoxy) is 2. The molecule has 0 unspecified atom stereocenters. The average Bonchev–Trinajstić information content (AvgIpc) is 2.49. The Labute approximate surface area is 129 Å². The lowest BCUT2D eigenvalue weighted by Crippen LogP contribution is -2.04. The van der Waals surface area contributed by atoms with Gasteiger partial charge < -0.3 is 9.47 Å². The van der Waals surface area contributed by atoms with E-state index < -0.39 is 0 Å². The van der Waals surface area contributed by atoms with Gasteiger partial charge in [0.2, 0.25) is 0 Å². The molecule has 2 heteroatoms. The molecule has 21 heavy (non-hydrogen) atoms. The zero-order chi connectivity index (χ0) is 15.1. The Bertz CT molecular complexity index is 489. The molecule has 0 amide bonds. The molecule has 1 aromatic rings. The molecule has 2 rings (SSSR count). The van der Waals surface area contributed by atoms with E-state index in [0.717, 1.165) is 17.9 Å². The van der Waals surface area contributed by atoms with Crippen molar-refractivity contribution in [2.24, 2.45) is 0 Å². The van der Waals surface area contributed by atoms with Crippen LogP contribution in [0.5, 0.6) is 11.5 Å². The highest BCUT2D eigenvalue weighted by Gasteiger charge is 2.15. The van der Waals surface area contributed by atoms with Gasteiger partial charge in [0.1, 0.15) is 0 Å². The predicted octanol–water partition coefficient (Wildman–Crippen LogP) is 5.39. The lowest BCUT2D eigenvalue weighted by molar-refractivity contribution is 0.287. The second-order valence-corrected chi connectivity index (χ2v) is 5.62. The Kier molecular flexibility index (Phi) is 6.16. The molecular weight excluding hydrogens is 260 g/mol. The van der Waals surface area contributed by atoms with Crippen molar-refractivity contribution in [3.8, 4) is 11.5 Å². The van der Waals surface area contributed by atoms with Crippen LogP contribution < -0.4 is 9.47 Å². The number of hydrogen-bond donors (Lipinski definition) is 0. The highest BCUT2D eigenvalue weighted by atomic mass is 16.5. The summed E-state index contributed by atoms with van der Waals surface area (Å²) in [6.07, 6.45) is 9.86. The summed E-state index contributed by atoms with van der Waals surface area (Å²) < 4.78 is 11.5. The summed E-state index contributed by atoms with van der Waals surface area (Å²) in [7, 11) is 0. The predicted molar refractivity (Wildman–Crippen MR) is 89.2 cm³/mol. The largest absolute Gasteiger partial charge is 0.490 e. The van der Waals surface area contributed by atoms with Crippen LogP contribution in [0.15, 0.2) is 17.7 Å². The Morgan fingerprint density at radius 1 is 0.905 bits per heavy atom. The van der Waals surface area contributed by atoms with Crippen LogP contribution in [0.2, 0.25) is 0 Å². The second kappa shape index (κ2) is 8.11. The Hall–Kier alpha value is -1.44. The van der Waals surface area contributed by atoms with Crippen molar-refractivity contribution in [3.63, 3.8) is 0 Å². The summed E-state index contributed by atoms with van der Waals surface area (Å²) >= 11 is 0. The van der Waals surface area contributed by atoms with Gasteiger partial charge in [-0.1, -0.05) is 31.4 Å². The highest BCUT2D eigenvalue weighted by Crippen LogP contribution is 2.36. The third-order valence-corrected chi connectivity index (χ3v) is 3.98. The van der Waals surface area contributed by atoms with Crippen molar-refractivity contribution in [3.05, 3.63) is 28.8 Å². The quantitative estimate of drug-likeness (QED) is 0.597. The first-order valence-electron chi connectivity index (χ1n) is 8.40. The second-order valence-electron chi connectivity index (χ2n) is 5.62. The normalized spacial score (nSPS) is 13.6. The van der Waals surface area contributed by atoms with Gasteiger partial charge in [0.05, 0.1) is 13.2 Å². The van der Waals surface area contributed by atoms with Crippen molar-refractivity contribution >= 4 is 6.08 Å². The number of unbranched alkanes of at least 4 members (excludes halogenated alkanes) is 2. The summed E-state index contributed by atoms with van der Waals surface area (Å²) in [6, 6.07) is 4.33. The van der Waals surface area contributed by atoms with Crippen molar-refractivity contribution in [2.45, 2.75) is 59.3 Å². The molecule has 2 nitrogen and oxygen atoms in total. The lowest BCUT2D eigenvalue weighted by Gasteiger charge is -2.20. The average molecular weight is 288 g/mol. The molecule has 0 aliphatic heterocycles. The van der Waals surface area contributed by atoms with Crippen LogP contribution >= 0.6 is 0 Å². The van der Waals surface area contributed by atoms with E-state index in [0.29, 0.717) is 13.2 Å². The molecule has 0 heterocycles. The van der Waals surface area contributed by atoms with Gasteiger partial charge in [-0.15, -0.1) is 0 Å². The molecule has 1 aliphatic rings. The standard InChI is InChI=1S/C19H28O2/c1-4-7-8-9-15-10-11-16-13-18(20-5-2)19(21-6-3)14-17(16)12-15/h12-14H,4-11H2,1-3H3. The maximum atomic E-state index is 5.74. The molecule has 0 saturated carbocycles. The molecule has 0 bridgehead atoms. The van der Waals surface area contributed by atoms with Crippen molar-refractivity contribution in [1.82, 2.24) is 0 Å². The van der Waals surface area contributed by atoms with Crippen molar-refractivity contribution in [2.75, 3.05) is 13.2 Å². The van der Waals surface area contributed by atoms with Crippen LogP contribution in [-0.2, 0) is 6.42 Å². The van der Waals surface area contributed by atoms with E-state index in [9.17, 15) is 0 Å². The minimum atomic E-state index is 0.673. The maximum Gasteiger partial charge on any atom is 0.161 e. The van der Waals surface area contributed by atoms with Crippen LogP contribution in [0.1, 0.15) is 64.0 Å². The maximum absolute atomic E-state index is 5.74. The topological polar surface area (TPSA) is 18.5 Å². The molecule has 0 N–H and O–H groups in total. The number of rotatable bonds is 8. The highest BCUT2D eigenvalue weighted by molar-refractivity contribution is 5.64. The third kappa shape index (κ3) is 4.26. The lowest BCUT2D eigenvalue weighted by atomic mass is 9.89. The number of benzene rings is 1. The first-order valence-corrected chi connectivity index (χ1v) is 8.40. The van der Waals surface area contributed by atoms with E-state index in [1.165, 1.54) is 43.2 Å². The van der Waals surface area contributed by atoms with Gasteiger partial charge in [0, 0.05) is 0 Å². The number of hydrogen-bond acceptors (Lipinski definition) is 2. The summed E-state index contributed by atoms with van der Waals surface area (Å²) in [5.74, 6) is 1.77. The van der Waals surface area contributed by atoms with Crippen LogP contribution in [0.4, 0.5) is 0 Å². The molecule has 0 spiro atoms. The van der Waals surface area contributed by atoms with Gasteiger partial charge >= 0.3 is 0 Å². The fraction of sp³-hybridized carbons (Fsp3) is 0.579. The minimum Gasteiger partial charge on any atom is -0.490 e. The Balaban J connectivity index is 2.20. The third-order valence-electron chi connectivity index (χ3n) is 3.98. The Morgan fingerprint density at radius 2 is 1.62 bits per heavy atom. The molecule has 0 aromatic heterocycles. The fourth-order valence-electron chi connectivity index (χ4n) is 2.89. The summed E-state index contributed by atoms with van der Waals surface area (Å²) in [5.41, 5.74) is 4.29. The fourth-order valence-corrected chi connectivity index (χ4v) is 2.89. The van der Waals surface area contributed by atoms with Gasteiger partial charge in [-0.25, -0.2) is 0 Å². The molecular formula is C19H28O2. The summed E-state index contributed by atoms with van der Waals surface area (Å²) in [4.78, 5) is 0. The molecule has 1 aromatic carbocycles. The van der Waals surface area contributed by atoms with Crippen LogP contribution in [0, 0.1) is 0 Å². The van der Waals surface area contributed by atoms with Crippen molar-refractivity contribution in [1.29, 1.82) is 0 Å². The molecule has 116 valence electrons. The Morgan fingerprint density at radius 3 is 2.29 bits per heavy atom. The van der Waals surface area contributed by atoms with Crippen molar-refractivity contribution < 1.29 is 9.47 Å². The van der Waals surface area contributed by atoms with Gasteiger partial charge in [-0.05, 0) is 62.8 Å². The van der Waals surface area contributed by atoms with Crippen LogP contribution in [0.25, 0.3) is 6.08 Å².